The molecule has 2 nitrogen and oxygen atoms in total. The minimum atomic E-state index is 0.218. The van der Waals surface area contributed by atoms with Crippen LogP contribution in [-0.2, 0) is 0 Å². The standard InChI is InChI=1S/C13H24N2/c1-3-5-6-9-15-13(11-14)8-7-12(4-2)10-13/h12,15H,4,6-11,14H2,1-2H3. The second-order valence-corrected chi connectivity index (χ2v) is 4.61. The molecule has 2 unspecified atom stereocenters. The Morgan fingerprint density at radius 3 is 2.87 bits per heavy atom. The number of hydrogen-bond donors (Lipinski definition) is 2. The topological polar surface area (TPSA) is 38.0 Å². The quantitative estimate of drug-likeness (QED) is 0.535. The molecule has 2 heteroatoms. The zero-order valence-electron chi connectivity index (χ0n) is 10.1. The minimum absolute atomic E-state index is 0.218. The van der Waals surface area contributed by atoms with Gasteiger partial charge in [-0.2, -0.15) is 0 Å². The first-order chi connectivity index (χ1) is 7.26. The van der Waals surface area contributed by atoms with Gasteiger partial charge in [0.25, 0.3) is 0 Å². The van der Waals surface area contributed by atoms with Crippen LogP contribution in [0.1, 0.15) is 46.0 Å². The average Bonchev–Trinajstić information content (AvgIpc) is 2.69. The molecule has 0 amide bonds. The van der Waals surface area contributed by atoms with Crippen molar-refractivity contribution < 1.29 is 0 Å². The van der Waals surface area contributed by atoms with Crippen LogP contribution in [-0.4, -0.2) is 18.6 Å². The van der Waals surface area contributed by atoms with Crippen molar-refractivity contribution in [1.82, 2.24) is 5.32 Å². The molecule has 0 aromatic heterocycles. The van der Waals surface area contributed by atoms with Gasteiger partial charge in [-0.3, -0.25) is 0 Å². The maximum Gasteiger partial charge on any atom is 0.0307 e. The fourth-order valence-corrected chi connectivity index (χ4v) is 2.52. The average molecular weight is 208 g/mol. The maximum absolute atomic E-state index is 5.90. The molecular weight excluding hydrogens is 184 g/mol. The van der Waals surface area contributed by atoms with E-state index in [-0.39, 0.29) is 5.54 Å². The van der Waals surface area contributed by atoms with Crippen molar-refractivity contribution in [2.45, 2.75) is 51.5 Å². The largest absolute Gasteiger partial charge is 0.329 e. The van der Waals surface area contributed by atoms with Gasteiger partial charge in [0.05, 0.1) is 0 Å². The van der Waals surface area contributed by atoms with Crippen LogP contribution in [0.5, 0.6) is 0 Å². The predicted octanol–water partition coefficient (Wildman–Crippen LogP) is 1.90. The molecule has 1 saturated carbocycles. The number of nitrogens with two attached hydrogens (primary N) is 1. The third-order valence-corrected chi connectivity index (χ3v) is 3.61. The Kier molecular flexibility index (Phi) is 5.14. The summed E-state index contributed by atoms with van der Waals surface area (Å²) in [6, 6.07) is 0. The summed E-state index contributed by atoms with van der Waals surface area (Å²) >= 11 is 0. The van der Waals surface area contributed by atoms with Crippen LogP contribution in [0.15, 0.2) is 0 Å². The summed E-state index contributed by atoms with van der Waals surface area (Å²) in [5.74, 6) is 6.88. The van der Waals surface area contributed by atoms with Crippen molar-refractivity contribution in [3.05, 3.63) is 0 Å². The van der Waals surface area contributed by atoms with E-state index in [0.29, 0.717) is 0 Å². The van der Waals surface area contributed by atoms with Crippen LogP contribution in [0, 0.1) is 17.8 Å². The van der Waals surface area contributed by atoms with Crippen LogP contribution in [0.4, 0.5) is 0 Å². The van der Waals surface area contributed by atoms with Gasteiger partial charge in [0.15, 0.2) is 0 Å². The van der Waals surface area contributed by atoms with Crippen LogP contribution in [0.3, 0.4) is 0 Å². The Balaban J connectivity index is 2.36. The summed E-state index contributed by atoms with van der Waals surface area (Å²) in [5.41, 5.74) is 6.12. The highest BCUT2D eigenvalue weighted by molar-refractivity contribution is 4.99. The molecule has 15 heavy (non-hydrogen) atoms. The molecule has 1 rings (SSSR count). The van der Waals surface area contributed by atoms with E-state index in [2.05, 4.69) is 24.1 Å². The zero-order chi connectivity index (χ0) is 11.1. The molecule has 0 aromatic rings. The van der Waals surface area contributed by atoms with Gasteiger partial charge < -0.3 is 11.1 Å². The Hall–Kier alpha value is -0.520. The van der Waals surface area contributed by atoms with E-state index in [1.54, 1.807) is 0 Å². The van der Waals surface area contributed by atoms with Gasteiger partial charge in [-0.05, 0) is 32.1 Å². The molecule has 0 heterocycles. The van der Waals surface area contributed by atoms with Crippen LogP contribution in [0.2, 0.25) is 0 Å². The molecule has 86 valence electrons. The molecule has 2 atom stereocenters. The summed E-state index contributed by atoms with van der Waals surface area (Å²) < 4.78 is 0. The van der Waals surface area contributed by atoms with E-state index < -0.39 is 0 Å². The first kappa shape index (κ1) is 12.5. The molecule has 0 bridgehead atoms. The van der Waals surface area contributed by atoms with Crippen LogP contribution in [0.25, 0.3) is 0 Å². The normalized spacial score (nSPS) is 29.9. The van der Waals surface area contributed by atoms with E-state index in [9.17, 15) is 0 Å². The van der Waals surface area contributed by atoms with Crippen LogP contribution < -0.4 is 11.1 Å². The highest BCUT2D eigenvalue weighted by Gasteiger charge is 2.36. The van der Waals surface area contributed by atoms with Gasteiger partial charge in [0.1, 0.15) is 0 Å². The summed E-state index contributed by atoms with van der Waals surface area (Å²) in [7, 11) is 0. The molecule has 0 aromatic carbocycles. The third-order valence-electron chi connectivity index (χ3n) is 3.61. The lowest BCUT2D eigenvalue weighted by atomic mass is 9.95. The van der Waals surface area contributed by atoms with Crippen molar-refractivity contribution in [3.63, 3.8) is 0 Å². The summed E-state index contributed by atoms with van der Waals surface area (Å²) in [6.45, 7) is 5.92. The fourth-order valence-electron chi connectivity index (χ4n) is 2.52. The second-order valence-electron chi connectivity index (χ2n) is 4.61. The molecule has 1 fully saturated rings. The van der Waals surface area contributed by atoms with E-state index in [4.69, 9.17) is 5.73 Å². The molecule has 0 spiro atoms. The highest BCUT2D eigenvalue weighted by atomic mass is 15.0. The van der Waals surface area contributed by atoms with Crippen molar-refractivity contribution >= 4 is 0 Å². The second kappa shape index (κ2) is 6.15. The molecule has 1 aliphatic rings. The van der Waals surface area contributed by atoms with Gasteiger partial charge in [0, 0.05) is 25.0 Å². The SMILES string of the molecule is CC#CCCNC1(CN)CCC(CC)C1. The molecule has 0 saturated heterocycles. The van der Waals surface area contributed by atoms with Crippen molar-refractivity contribution in [1.29, 1.82) is 0 Å². The Morgan fingerprint density at radius 2 is 2.33 bits per heavy atom. The van der Waals surface area contributed by atoms with Crippen LogP contribution >= 0.6 is 0 Å². The molecule has 3 N–H and O–H groups in total. The Labute approximate surface area is 94.0 Å². The van der Waals surface area contributed by atoms with Gasteiger partial charge >= 0.3 is 0 Å². The third kappa shape index (κ3) is 3.52. The van der Waals surface area contributed by atoms with Crippen molar-refractivity contribution in [2.75, 3.05) is 13.1 Å². The van der Waals surface area contributed by atoms with E-state index in [0.717, 1.165) is 25.4 Å². The monoisotopic (exact) mass is 208 g/mol. The summed E-state index contributed by atoms with van der Waals surface area (Å²) in [4.78, 5) is 0. The molecular formula is C13H24N2. The van der Waals surface area contributed by atoms with E-state index in [1.807, 2.05) is 6.92 Å². The lowest BCUT2D eigenvalue weighted by molar-refractivity contribution is 0.329. The molecule has 0 radical (unpaired) electrons. The molecule has 0 aliphatic heterocycles. The zero-order valence-corrected chi connectivity index (χ0v) is 10.1. The van der Waals surface area contributed by atoms with Crippen molar-refractivity contribution in [3.8, 4) is 11.8 Å². The summed E-state index contributed by atoms with van der Waals surface area (Å²) in [5, 5.41) is 3.62. The lowest BCUT2D eigenvalue weighted by Gasteiger charge is -2.29. The van der Waals surface area contributed by atoms with E-state index >= 15 is 0 Å². The van der Waals surface area contributed by atoms with Gasteiger partial charge in [-0.15, -0.1) is 11.8 Å². The highest BCUT2D eigenvalue weighted by Crippen LogP contribution is 2.35. The Bertz CT molecular complexity index is 239. The first-order valence-corrected chi connectivity index (χ1v) is 6.11. The minimum Gasteiger partial charge on any atom is -0.329 e. The number of hydrogen-bond acceptors (Lipinski definition) is 2. The van der Waals surface area contributed by atoms with E-state index in [1.165, 1.54) is 25.7 Å². The fraction of sp³-hybridized carbons (Fsp3) is 0.846. The number of rotatable bonds is 5. The molecule has 1 aliphatic carbocycles. The first-order valence-electron chi connectivity index (χ1n) is 6.11. The maximum atomic E-state index is 5.90. The summed E-state index contributed by atoms with van der Waals surface area (Å²) in [6.07, 6.45) is 6.05. The number of nitrogens with one attached hydrogen (secondary N) is 1. The Morgan fingerprint density at radius 1 is 1.53 bits per heavy atom. The van der Waals surface area contributed by atoms with Gasteiger partial charge in [0.2, 0.25) is 0 Å². The smallest absolute Gasteiger partial charge is 0.0307 e. The lowest BCUT2D eigenvalue weighted by Crippen LogP contribution is -2.49. The van der Waals surface area contributed by atoms with Crippen molar-refractivity contribution in [2.24, 2.45) is 11.7 Å². The predicted molar refractivity (Wildman–Crippen MR) is 65.5 cm³/mol. The van der Waals surface area contributed by atoms with Gasteiger partial charge in [-0.25, -0.2) is 0 Å². The van der Waals surface area contributed by atoms with Gasteiger partial charge in [-0.1, -0.05) is 13.3 Å².